The highest BCUT2D eigenvalue weighted by molar-refractivity contribution is 5.40. The molecule has 9 atom stereocenters. The highest BCUT2D eigenvalue weighted by atomic mass is 16.7. The maximum atomic E-state index is 11.2. The number of ether oxygens (including phenoxy) is 2. The number of allylic oxidation sites excluding steroid dienone is 5. The molecule has 3 fully saturated rings. The van der Waals surface area contributed by atoms with E-state index in [4.69, 9.17) is 9.47 Å². The fourth-order valence-corrected chi connectivity index (χ4v) is 8.93. The topological polar surface area (TPSA) is 58.9 Å². The zero-order valence-electron chi connectivity index (χ0n) is 24.6. The van der Waals surface area contributed by atoms with Crippen molar-refractivity contribution in [1.29, 1.82) is 0 Å². The van der Waals surface area contributed by atoms with Crippen LogP contribution in [0.3, 0.4) is 0 Å². The van der Waals surface area contributed by atoms with E-state index in [0.717, 1.165) is 31.6 Å². The van der Waals surface area contributed by atoms with E-state index in [9.17, 15) is 10.2 Å². The first-order chi connectivity index (χ1) is 17.5. The molecule has 2 N–H and O–H groups in total. The van der Waals surface area contributed by atoms with Crippen molar-refractivity contribution in [2.45, 2.75) is 117 Å². The van der Waals surface area contributed by atoms with Crippen LogP contribution < -0.4 is 0 Å². The molecule has 4 rings (SSSR count). The molecule has 0 spiro atoms. The first-order valence-corrected chi connectivity index (χ1v) is 15.0. The Bertz CT molecular complexity index is 887. The minimum Gasteiger partial charge on any atom is -0.393 e. The smallest absolute Gasteiger partial charge is 0.147 e. The molecule has 4 heteroatoms. The van der Waals surface area contributed by atoms with Gasteiger partial charge in [-0.25, -0.2) is 0 Å². The molecule has 0 saturated heterocycles. The van der Waals surface area contributed by atoms with Gasteiger partial charge in [0.25, 0.3) is 0 Å². The van der Waals surface area contributed by atoms with Crippen LogP contribution in [0.1, 0.15) is 99.3 Å². The van der Waals surface area contributed by atoms with Crippen LogP contribution in [0.15, 0.2) is 35.5 Å². The molecule has 37 heavy (non-hydrogen) atoms. The van der Waals surface area contributed by atoms with Gasteiger partial charge in [-0.3, -0.25) is 0 Å². The summed E-state index contributed by atoms with van der Waals surface area (Å²) in [5.41, 5.74) is 2.84. The third-order valence-electron chi connectivity index (χ3n) is 11.4. The third kappa shape index (κ3) is 5.42. The van der Waals surface area contributed by atoms with Crippen molar-refractivity contribution in [2.24, 2.45) is 40.4 Å². The van der Waals surface area contributed by atoms with Gasteiger partial charge >= 0.3 is 0 Å². The summed E-state index contributed by atoms with van der Waals surface area (Å²) in [6.07, 6.45) is 18.2. The molecule has 0 aliphatic heterocycles. The Morgan fingerprint density at radius 1 is 1.14 bits per heavy atom. The van der Waals surface area contributed by atoms with Crippen LogP contribution in [-0.4, -0.2) is 41.9 Å². The van der Waals surface area contributed by atoms with E-state index in [-0.39, 0.29) is 11.0 Å². The van der Waals surface area contributed by atoms with Gasteiger partial charge < -0.3 is 19.7 Å². The summed E-state index contributed by atoms with van der Waals surface area (Å²) in [7, 11) is 1.67. The lowest BCUT2D eigenvalue weighted by atomic mass is 9.49. The molecule has 0 bridgehead atoms. The second kappa shape index (κ2) is 11.3. The minimum absolute atomic E-state index is 0.166. The van der Waals surface area contributed by atoms with Gasteiger partial charge in [0, 0.05) is 18.9 Å². The Morgan fingerprint density at radius 3 is 2.59 bits per heavy atom. The molecule has 0 radical (unpaired) electrons. The van der Waals surface area contributed by atoms with Crippen LogP contribution in [0.4, 0.5) is 0 Å². The monoisotopic (exact) mass is 514 g/mol. The van der Waals surface area contributed by atoms with Gasteiger partial charge in [0.15, 0.2) is 0 Å². The molecule has 4 aliphatic carbocycles. The number of aliphatic hydroxyl groups is 2. The Labute approximate surface area is 226 Å². The van der Waals surface area contributed by atoms with E-state index in [0.29, 0.717) is 42.3 Å². The molecule has 0 aromatic heterocycles. The summed E-state index contributed by atoms with van der Waals surface area (Å²) in [4.78, 5) is 0. The zero-order chi connectivity index (χ0) is 27.0. The number of fused-ring (bicyclic) bond motifs is 5. The zero-order valence-corrected chi connectivity index (χ0v) is 24.6. The number of hydrogen-bond donors (Lipinski definition) is 2. The average Bonchev–Trinajstić information content (AvgIpc) is 3.20. The highest BCUT2D eigenvalue weighted by Crippen LogP contribution is 2.66. The lowest BCUT2D eigenvalue weighted by Crippen LogP contribution is -2.52. The van der Waals surface area contributed by atoms with Crippen molar-refractivity contribution in [3.8, 4) is 0 Å². The third-order valence-corrected chi connectivity index (χ3v) is 11.4. The van der Waals surface area contributed by atoms with E-state index in [1.165, 1.54) is 31.3 Å². The second-order valence-corrected chi connectivity index (χ2v) is 13.8. The fraction of sp³-hybridized carbons (Fsp3) is 0.818. The predicted octanol–water partition coefficient (Wildman–Crippen LogP) is 7.22. The fourth-order valence-electron chi connectivity index (χ4n) is 8.93. The number of hydrogen-bond acceptors (Lipinski definition) is 4. The maximum absolute atomic E-state index is 11.2. The van der Waals surface area contributed by atoms with Gasteiger partial charge in [-0.1, -0.05) is 63.1 Å². The lowest BCUT2D eigenvalue weighted by Gasteiger charge is -2.56. The van der Waals surface area contributed by atoms with Crippen LogP contribution in [0.2, 0.25) is 0 Å². The number of aliphatic hydroxyl groups excluding tert-OH is 2. The van der Waals surface area contributed by atoms with Crippen LogP contribution in [0.5, 0.6) is 0 Å². The average molecular weight is 515 g/mol. The normalized spacial score (nSPS) is 39.4. The van der Waals surface area contributed by atoms with Gasteiger partial charge in [-0.2, -0.15) is 0 Å². The van der Waals surface area contributed by atoms with Crippen LogP contribution in [-0.2, 0) is 9.47 Å². The van der Waals surface area contributed by atoms with Crippen molar-refractivity contribution in [3.05, 3.63) is 35.5 Å². The van der Waals surface area contributed by atoms with Gasteiger partial charge in [0.05, 0.1) is 17.8 Å². The standard InChI is InChI=1S/C33H54O4/c1-8-23(11-9-10-17-31(3,4)37-21-36-7)22(2)27-14-15-28-26-13-12-24-19-25(34)20-30(35)33(24,6)29(26)16-18-32(27,28)5/h9,11-13,22-23,25,27-30,34-35H,8,10,14-21H2,1-7H3/b11-9+/t22-,23+,25+,27+,28-,29-,30-,32+,33-/m0/s1. The first kappa shape index (κ1) is 29.1. The largest absolute Gasteiger partial charge is 0.393 e. The summed E-state index contributed by atoms with van der Waals surface area (Å²) >= 11 is 0. The van der Waals surface area contributed by atoms with Crippen molar-refractivity contribution < 1.29 is 19.7 Å². The molecule has 210 valence electrons. The molecule has 0 heterocycles. The Kier molecular flexibility index (Phi) is 8.85. The summed E-state index contributed by atoms with van der Waals surface area (Å²) in [6.45, 7) is 14.3. The molecule has 4 nitrogen and oxygen atoms in total. The maximum Gasteiger partial charge on any atom is 0.147 e. The van der Waals surface area contributed by atoms with Crippen molar-refractivity contribution in [1.82, 2.24) is 0 Å². The van der Waals surface area contributed by atoms with Crippen LogP contribution in [0.25, 0.3) is 0 Å². The number of methoxy groups -OCH3 is 1. The lowest BCUT2D eigenvalue weighted by molar-refractivity contribution is -0.116. The molecule has 4 aliphatic rings. The van der Waals surface area contributed by atoms with E-state index in [1.54, 1.807) is 12.7 Å². The Balaban J connectivity index is 1.46. The first-order valence-electron chi connectivity index (χ1n) is 15.0. The summed E-state index contributed by atoms with van der Waals surface area (Å²) in [5, 5.41) is 21.5. The summed E-state index contributed by atoms with van der Waals surface area (Å²) in [6, 6.07) is 0. The Hall–Kier alpha value is -0.940. The predicted molar refractivity (Wildman–Crippen MR) is 151 cm³/mol. The molecule has 3 saturated carbocycles. The van der Waals surface area contributed by atoms with Crippen molar-refractivity contribution in [2.75, 3.05) is 13.9 Å². The van der Waals surface area contributed by atoms with Gasteiger partial charge in [-0.15, -0.1) is 0 Å². The molecule has 0 unspecified atom stereocenters. The van der Waals surface area contributed by atoms with Gasteiger partial charge in [-0.05, 0) is 100 Å². The van der Waals surface area contributed by atoms with Crippen molar-refractivity contribution >= 4 is 0 Å². The van der Waals surface area contributed by atoms with Crippen LogP contribution >= 0.6 is 0 Å². The van der Waals surface area contributed by atoms with Gasteiger partial charge in [0.2, 0.25) is 0 Å². The van der Waals surface area contributed by atoms with E-state index in [1.807, 2.05) is 0 Å². The second-order valence-electron chi connectivity index (χ2n) is 13.8. The quantitative estimate of drug-likeness (QED) is 0.239. The SMILES string of the molecule is CC[C@H](/C=C/CCC(C)(C)OCOC)[C@H](C)[C@H]1CC[C@H]2C3=CC=C4C[C@@H](O)C[C@H](O)[C@]4(C)[C@H]3CC[C@]12C. The molecular weight excluding hydrogens is 460 g/mol. The Morgan fingerprint density at radius 2 is 1.89 bits per heavy atom. The van der Waals surface area contributed by atoms with E-state index >= 15 is 0 Å². The minimum atomic E-state index is -0.448. The number of rotatable bonds is 10. The summed E-state index contributed by atoms with van der Waals surface area (Å²) < 4.78 is 10.9. The highest BCUT2D eigenvalue weighted by Gasteiger charge is 2.59. The molecule has 0 aromatic carbocycles. The van der Waals surface area contributed by atoms with Crippen molar-refractivity contribution in [3.63, 3.8) is 0 Å². The summed E-state index contributed by atoms with van der Waals surface area (Å²) in [5.74, 6) is 3.03. The molecule has 0 aromatic rings. The van der Waals surface area contributed by atoms with Gasteiger partial charge in [0.1, 0.15) is 6.79 Å². The van der Waals surface area contributed by atoms with E-state index < -0.39 is 12.2 Å². The van der Waals surface area contributed by atoms with E-state index in [2.05, 4.69) is 65.8 Å². The van der Waals surface area contributed by atoms with Crippen LogP contribution in [0, 0.1) is 40.4 Å². The molecular formula is C33H54O4. The molecule has 0 amide bonds.